The summed E-state index contributed by atoms with van der Waals surface area (Å²) >= 11 is 12.0. The molecule has 1 atom stereocenters. The van der Waals surface area contributed by atoms with Crippen molar-refractivity contribution in [3.05, 3.63) is 63.6 Å². The van der Waals surface area contributed by atoms with Crippen molar-refractivity contribution in [2.75, 3.05) is 6.54 Å². The van der Waals surface area contributed by atoms with Crippen molar-refractivity contribution in [2.45, 2.75) is 26.5 Å². The van der Waals surface area contributed by atoms with Crippen LogP contribution < -0.4 is 10.1 Å². The average molecular weight is 324 g/mol. The van der Waals surface area contributed by atoms with Crippen LogP contribution in [-0.4, -0.2) is 6.54 Å². The molecular weight excluding hydrogens is 305 g/mol. The van der Waals surface area contributed by atoms with Crippen molar-refractivity contribution in [3.63, 3.8) is 0 Å². The van der Waals surface area contributed by atoms with Gasteiger partial charge < -0.3 is 10.1 Å². The molecule has 0 saturated carbocycles. The number of rotatable bonds is 6. The summed E-state index contributed by atoms with van der Waals surface area (Å²) in [6.07, 6.45) is 0. The average Bonchev–Trinajstić information content (AvgIpc) is 2.47. The van der Waals surface area contributed by atoms with E-state index in [9.17, 15) is 0 Å². The molecule has 0 amide bonds. The molecule has 4 heteroatoms. The number of hydrogen-bond donors (Lipinski definition) is 1. The normalized spacial score (nSPS) is 12.2. The maximum absolute atomic E-state index is 6.14. The van der Waals surface area contributed by atoms with E-state index in [2.05, 4.69) is 31.3 Å². The molecule has 0 fully saturated rings. The van der Waals surface area contributed by atoms with E-state index in [1.54, 1.807) is 6.07 Å². The summed E-state index contributed by atoms with van der Waals surface area (Å²) in [4.78, 5) is 0. The molecule has 1 unspecified atom stereocenters. The third-order valence-corrected chi connectivity index (χ3v) is 3.86. The van der Waals surface area contributed by atoms with Crippen LogP contribution in [0.15, 0.2) is 42.5 Å². The Bertz CT molecular complexity index is 601. The molecule has 0 bridgehead atoms. The Balaban J connectivity index is 2.04. The van der Waals surface area contributed by atoms with Crippen LogP contribution in [0, 0.1) is 0 Å². The van der Waals surface area contributed by atoms with Gasteiger partial charge in [-0.25, -0.2) is 0 Å². The highest BCUT2D eigenvalue weighted by Gasteiger charge is 2.06. The quantitative estimate of drug-likeness (QED) is 0.784. The van der Waals surface area contributed by atoms with Crippen LogP contribution in [-0.2, 0) is 6.61 Å². The second-order valence-corrected chi connectivity index (χ2v) is 5.72. The highest BCUT2D eigenvalue weighted by molar-refractivity contribution is 6.35. The number of hydrogen-bond acceptors (Lipinski definition) is 2. The van der Waals surface area contributed by atoms with Crippen molar-refractivity contribution < 1.29 is 4.74 Å². The van der Waals surface area contributed by atoms with Crippen LogP contribution in [0.3, 0.4) is 0 Å². The van der Waals surface area contributed by atoms with Crippen molar-refractivity contribution in [3.8, 4) is 5.75 Å². The van der Waals surface area contributed by atoms with Gasteiger partial charge in [0.2, 0.25) is 0 Å². The van der Waals surface area contributed by atoms with E-state index in [1.165, 1.54) is 5.56 Å². The third kappa shape index (κ3) is 4.63. The van der Waals surface area contributed by atoms with E-state index < -0.39 is 0 Å². The maximum atomic E-state index is 6.14. The fourth-order valence-electron chi connectivity index (χ4n) is 2.10. The summed E-state index contributed by atoms with van der Waals surface area (Å²) in [7, 11) is 0. The van der Waals surface area contributed by atoms with Crippen LogP contribution in [0.4, 0.5) is 0 Å². The zero-order chi connectivity index (χ0) is 15.2. The molecule has 0 aliphatic heterocycles. The van der Waals surface area contributed by atoms with E-state index in [-0.39, 0.29) is 0 Å². The Kier molecular flexibility index (Phi) is 5.92. The minimum atomic E-state index is 0.303. The lowest BCUT2D eigenvalue weighted by Crippen LogP contribution is -2.17. The number of halogens is 2. The van der Waals surface area contributed by atoms with E-state index >= 15 is 0 Å². The minimum absolute atomic E-state index is 0.303. The zero-order valence-electron chi connectivity index (χ0n) is 12.2. The molecule has 112 valence electrons. The summed E-state index contributed by atoms with van der Waals surface area (Å²) in [5.74, 6) is 0.836. The molecule has 2 rings (SSSR count). The molecule has 21 heavy (non-hydrogen) atoms. The van der Waals surface area contributed by atoms with Gasteiger partial charge in [0.1, 0.15) is 12.4 Å². The number of ether oxygens (including phenoxy) is 1. The lowest BCUT2D eigenvalue weighted by Gasteiger charge is -2.14. The second kappa shape index (κ2) is 7.69. The number of nitrogens with one attached hydrogen (secondary N) is 1. The van der Waals surface area contributed by atoms with Crippen molar-refractivity contribution in [1.29, 1.82) is 0 Å². The van der Waals surface area contributed by atoms with Gasteiger partial charge in [-0.1, -0.05) is 48.3 Å². The van der Waals surface area contributed by atoms with Gasteiger partial charge in [-0.05, 0) is 43.3 Å². The topological polar surface area (TPSA) is 21.3 Å². The highest BCUT2D eigenvalue weighted by Crippen LogP contribution is 2.24. The van der Waals surface area contributed by atoms with Gasteiger partial charge in [0.05, 0.1) is 0 Å². The smallest absolute Gasteiger partial charge is 0.120 e. The Labute approximate surface area is 136 Å². The Morgan fingerprint density at radius 2 is 1.95 bits per heavy atom. The van der Waals surface area contributed by atoms with Crippen LogP contribution in [0.1, 0.15) is 31.0 Å². The first-order chi connectivity index (χ1) is 10.1. The lowest BCUT2D eigenvalue weighted by molar-refractivity contribution is 0.305. The van der Waals surface area contributed by atoms with Gasteiger partial charge in [0, 0.05) is 21.7 Å². The molecule has 2 aromatic carbocycles. The van der Waals surface area contributed by atoms with E-state index in [4.69, 9.17) is 27.9 Å². The molecule has 2 aromatic rings. The van der Waals surface area contributed by atoms with Gasteiger partial charge in [0.15, 0.2) is 0 Å². The summed E-state index contributed by atoms with van der Waals surface area (Å²) in [6.45, 7) is 5.60. The molecule has 0 aliphatic carbocycles. The first kappa shape index (κ1) is 16.2. The molecule has 0 radical (unpaired) electrons. The molecule has 0 aromatic heterocycles. The first-order valence-electron chi connectivity index (χ1n) is 7.00. The number of benzene rings is 2. The highest BCUT2D eigenvalue weighted by atomic mass is 35.5. The summed E-state index contributed by atoms with van der Waals surface area (Å²) < 4.78 is 5.83. The van der Waals surface area contributed by atoms with Crippen molar-refractivity contribution >= 4 is 23.2 Å². The predicted octanol–water partition coefficient (Wildman–Crippen LogP) is 5.24. The van der Waals surface area contributed by atoms with Gasteiger partial charge in [0.25, 0.3) is 0 Å². The van der Waals surface area contributed by atoms with Gasteiger partial charge >= 0.3 is 0 Å². The molecule has 2 nitrogen and oxygen atoms in total. The van der Waals surface area contributed by atoms with Crippen LogP contribution in [0.25, 0.3) is 0 Å². The van der Waals surface area contributed by atoms with Gasteiger partial charge in [-0.3, -0.25) is 0 Å². The fourth-order valence-corrected chi connectivity index (χ4v) is 2.56. The Morgan fingerprint density at radius 3 is 2.67 bits per heavy atom. The van der Waals surface area contributed by atoms with E-state index in [1.807, 2.05) is 24.3 Å². The SMILES string of the molecule is CCNC(C)c1cccc(OCc2ccc(Cl)cc2Cl)c1. The van der Waals surface area contributed by atoms with Gasteiger partial charge in [-0.2, -0.15) is 0 Å². The summed E-state index contributed by atoms with van der Waals surface area (Å²) in [5, 5.41) is 4.64. The second-order valence-electron chi connectivity index (χ2n) is 4.88. The molecule has 0 spiro atoms. The summed E-state index contributed by atoms with van der Waals surface area (Å²) in [5.41, 5.74) is 2.13. The molecular formula is C17H19Cl2NO. The monoisotopic (exact) mass is 323 g/mol. The largest absolute Gasteiger partial charge is 0.489 e. The lowest BCUT2D eigenvalue weighted by atomic mass is 10.1. The minimum Gasteiger partial charge on any atom is -0.489 e. The van der Waals surface area contributed by atoms with Crippen LogP contribution >= 0.6 is 23.2 Å². The van der Waals surface area contributed by atoms with Gasteiger partial charge in [-0.15, -0.1) is 0 Å². The van der Waals surface area contributed by atoms with E-state index in [0.29, 0.717) is 22.7 Å². The van der Waals surface area contributed by atoms with Crippen molar-refractivity contribution in [2.24, 2.45) is 0 Å². The van der Waals surface area contributed by atoms with Crippen LogP contribution in [0.5, 0.6) is 5.75 Å². The van der Waals surface area contributed by atoms with E-state index in [0.717, 1.165) is 17.9 Å². The van der Waals surface area contributed by atoms with Crippen LogP contribution in [0.2, 0.25) is 10.0 Å². The zero-order valence-corrected chi connectivity index (χ0v) is 13.7. The first-order valence-corrected chi connectivity index (χ1v) is 7.76. The molecule has 0 aliphatic rings. The Hall–Kier alpha value is -1.22. The molecule has 0 heterocycles. The standard InChI is InChI=1S/C17H19Cl2NO/c1-3-20-12(2)13-5-4-6-16(9-13)21-11-14-7-8-15(18)10-17(14)19/h4-10,12,20H,3,11H2,1-2H3. The Morgan fingerprint density at radius 1 is 1.14 bits per heavy atom. The maximum Gasteiger partial charge on any atom is 0.120 e. The summed E-state index contributed by atoms with van der Waals surface area (Å²) in [6, 6.07) is 13.8. The third-order valence-electron chi connectivity index (χ3n) is 3.28. The fraction of sp³-hybridized carbons (Fsp3) is 0.294. The van der Waals surface area contributed by atoms with Crippen molar-refractivity contribution in [1.82, 2.24) is 5.32 Å². The molecule has 0 saturated heterocycles. The predicted molar refractivity (Wildman–Crippen MR) is 89.3 cm³/mol. The molecule has 1 N–H and O–H groups in total.